The molecule has 0 amide bonds. The number of nitrogens with one attached hydrogen (secondary N) is 1. The average Bonchev–Trinajstić information content (AvgIpc) is 1.69. The van der Waals surface area contributed by atoms with Gasteiger partial charge in [0.25, 0.3) is 0 Å². The summed E-state index contributed by atoms with van der Waals surface area (Å²) in [7, 11) is 0. The minimum atomic E-state index is 0.280. The van der Waals surface area contributed by atoms with Crippen molar-refractivity contribution in [2.75, 3.05) is 0 Å². The molecular weight excluding hydrogens is 78.0 g/mol. The van der Waals surface area contributed by atoms with Gasteiger partial charge in [-0.2, -0.15) is 0 Å². The van der Waals surface area contributed by atoms with Gasteiger partial charge in [-0.25, -0.2) is 5.48 Å². The molecule has 0 saturated heterocycles. The summed E-state index contributed by atoms with van der Waals surface area (Å²) in [5.74, 6) is 0. The lowest BCUT2D eigenvalue weighted by molar-refractivity contribution is 0.172. The predicted octanol–water partition coefficient (Wildman–Crippen LogP) is 0.549. The van der Waals surface area contributed by atoms with Gasteiger partial charge in [-0.15, -0.1) is 0 Å². The van der Waals surface area contributed by atoms with Crippen molar-refractivity contribution in [3.05, 3.63) is 24.6 Å². The first-order valence-electron chi connectivity index (χ1n) is 2.15. The van der Waals surface area contributed by atoms with Crippen molar-refractivity contribution in [2.24, 2.45) is 0 Å². The molecule has 0 bridgehead atoms. The number of hydroxylamine groups is 1. The first-order chi connectivity index (χ1) is 3.39. The first-order valence-corrected chi connectivity index (χ1v) is 1.65. The van der Waals surface area contributed by atoms with E-state index in [-0.39, 0.29) is 6.18 Å². The fourth-order valence-corrected chi connectivity index (χ4v) is 0.229. The summed E-state index contributed by atoms with van der Waals surface area (Å²) in [4.78, 5) is 4.50. The van der Waals surface area contributed by atoms with Crippen LogP contribution in [-0.2, 0) is 4.84 Å². The van der Waals surface area contributed by atoms with E-state index >= 15 is 0 Å². The van der Waals surface area contributed by atoms with E-state index in [9.17, 15) is 0 Å². The molecule has 1 aliphatic rings. The van der Waals surface area contributed by atoms with Gasteiger partial charge >= 0.3 is 0 Å². The molecule has 1 aliphatic heterocycles. The third-order valence-electron chi connectivity index (χ3n) is 0.444. The second-order valence-electron chi connectivity index (χ2n) is 0.859. The summed E-state index contributed by atoms with van der Waals surface area (Å²) >= 11 is 0. The van der Waals surface area contributed by atoms with Gasteiger partial charge in [-0.1, -0.05) is 0 Å². The molecule has 1 heterocycles. The van der Waals surface area contributed by atoms with Crippen LogP contribution in [0.2, 0.25) is 0 Å². The summed E-state index contributed by atoms with van der Waals surface area (Å²) in [5.41, 5.74) is 2.32. The maximum absolute atomic E-state index is 6.85. The zero-order valence-corrected chi connectivity index (χ0v) is 3.14. The van der Waals surface area contributed by atoms with Gasteiger partial charge in [-0.05, 0) is 12.2 Å². The molecule has 1 rings (SSSR count). The highest BCUT2D eigenvalue weighted by Gasteiger charge is 1.72. The highest BCUT2D eigenvalue weighted by Crippen LogP contribution is 1.80. The summed E-state index contributed by atoms with van der Waals surface area (Å²) in [6.07, 6.45) is 5.00. The Morgan fingerprint density at radius 3 is 3.00 bits per heavy atom. The van der Waals surface area contributed by atoms with Crippen molar-refractivity contribution >= 4 is 0 Å². The molecule has 0 aliphatic carbocycles. The maximum Gasteiger partial charge on any atom is 0.119 e. The molecule has 2 nitrogen and oxygen atoms in total. The van der Waals surface area contributed by atoms with Crippen LogP contribution in [0.25, 0.3) is 0 Å². The lowest BCUT2D eigenvalue weighted by Crippen LogP contribution is -2.01. The Bertz CT molecular complexity index is 119. The average molecular weight is 84.1 g/mol. The predicted molar refractivity (Wildman–Crippen MR) is 22.5 cm³/mol. The normalized spacial score (nSPS) is 20.0. The second-order valence-corrected chi connectivity index (χ2v) is 0.859. The number of rotatable bonds is 0. The largest absolute Gasteiger partial charge is 0.391 e. The smallest absolute Gasteiger partial charge is 0.119 e. The Hall–Kier alpha value is -0.920. The maximum atomic E-state index is 6.85. The van der Waals surface area contributed by atoms with E-state index in [4.69, 9.17) is 1.37 Å². The van der Waals surface area contributed by atoms with Crippen LogP contribution in [0, 0.1) is 0 Å². The molecule has 0 saturated carbocycles. The van der Waals surface area contributed by atoms with E-state index in [1.807, 2.05) is 0 Å². The molecule has 2 heteroatoms. The van der Waals surface area contributed by atoms with E-state index < -0.39 is 0 Å². The van der Waals surface area contributed by atoms with Crippen molar-refractivity contribution in [3.63, 3.8) is 0 Å². The van der Waals surface area contributed by atoms with Crippen molar-refractivity contribution in [3.8, 4) is 0 Å². The van der Waals surface area contributed by atoms with E-state index in [0.29, 0.717) is 0 Å². The van der Waals surface area contributed by atoms with Gasteiger partial charge < -0.3 is 4.84 Å². The summed E-state index contributed by atoms with van der Waals surface area (Å²) in [5, 5.41) is 0. The van der Waals surface area contributed by atoms with Crippen LogP contribution >= 0.6 is 0 Å². The summed E-state index contributed by atoms with van der Waals surface area (Å²) in [6, 6.07) is 0. The first kappa shape index (κ1) is 2.29. The number of hydrogen-bond donors (Lipinski definition) is 1. The van der Waals surface area contributed by atoms with Gasteiger partial charge in [0, 0.05) is 6.18 Å². The Balaban J connectivity index is 2.57. The van der Waals surface area contributed by atoms with Gasteiger partial charge in [0.1, 0.15) is 6.26 Å². The Labute approximate surface area is 37.5 Å². The lowest BCUT2D eigenvalue weighted by Gasteiger charge is -1.97. The monoisotopic (exact) mass is 84.0 g/mol. The molecule has 6 heavy (non-hydrogen) atoms. The Morgan fingerprint density at radius 1 is 1.67 bits per heavy atom. The second kappa shape index (κ2) is 1.50. The fourth-order valence-electron chi connectivity index (χ4n) is 0.229. The van der Waals surface area contributed by atoms with Crippen molar-refractivity contribution in [2.45, 2.75) is 0 Å². The summed E-state index contributed by atoms with van der Waals surface area (Å²) < 4.78 is 6.85. The van der Waals surface area contributed by atoms with Gasteiger partial charge in [0.05, 0.1) is 1.37 Å². The van der Waals surface area contributed by atoms with Gasteiger partial charge in [0.15, 0.2) is 0 Å². The minimum absolute atomic E-state index is 0.280. The van der Waals surface area contributed by atoms with Crippen LogP contribution < -0.4 is 5.48 Å². The molecule has 32 valence electrons. The third-order valence-corrected chi connectivity index (χ3v) is 0.444. The quantitative estimate of drug-likeness (QED) is 0.462. The zero-order chi connectivity index (χ0) is 5.11. The number of hydrogen-bond acceptors (Lipinski definition) is 2. The minimum Gasteiger partial charge on any atom is -0.391 e. The van der Waals surface area contributed by atoms with Gasteiger partial charge in [-0.3, -0.25) is 0 Å². The molecule has 0 fully saturated rings. The molecule has 0 aromatic heterocycles. The highest BCUT2D eigenvalue weighted by molar-refractivity contribution is 5.00. The fraction of sp³-hybridized carbons (Fsp3) is 0. The van der Waals surface area contributed by atoms with Crippen LogP contribution in [0.4, 0.5) is 0 Å². The van der Waals surface area contributed by atoms with Crippen molar-refractivity contribution in [1.82, 2.24) is 5.48 Å². The molecule has 0 unspecified atom stereocenters. The van der Waals surface area contributed by atoms with Crippen LogP contribution in [0.3, 0.4) is 0 Å². The molecule has 0 spiro atoms. The molecule has 0 atom stereocenters. The standard InChI is InChI=1S/C4H5NO/c1-2-4-6-5-3-1/h1-5H/i3D. The molecular formula is C4H5NO. The van der Waals surface area contributed by atoms with E-state index in [2.05, 4.69) is 10.3 Å². The van der Waals surface area contributed by atoms with Crippen LogP contribution in [-0.4, -0.2) is 0 Å². The van der Waals surface area contributed by atoms with Crippen LogP contribution in [0.1, 0.15) is 1.37 Å². The van der Waals surface area contributed by atoms with Crippen LogP contribution in [0.5, 0.6) is 0 Å². The van der Waals surface area contributed by atoms with Crippen molar-refractivity contribution < 1.29 is 6.21 Å². The van der Waals surface area contributed by atoms with Gasteiger partial charge in [0.2, 0.25) is 0 Å². The number of allylic oxidation sites excluding steroid dienone is 2. The van der Waals surface area contributed by atoms with Crippen LogP contribution in [0.15, 0.2) is 24.6 Å². The Morgan fingerprint density at radius 2 is 2.67 bits per heavy atom. The van der Waals surface area contributed by atoms with E-state index in [1.54, 1.807) is 12.2 Å². The van der Waals surface area contributed by atoms with Crippen molar-refractivity contribution in [1.29, 1.82) is 0 Å². The van der Waals surface area contributed by atoms with E-state index in [1.165, 1.54) is 6.26 Å². The third kappa shape index (κ3) is 0.516. The zero-order valence-electron chi connectivity index (χ0n) is 4.14. The topological polar surface area (TPSA) is 21.3 Å². The highest BCUT2D eigenvalue weighted by atomic mass is 16.6. The molecule has 0 aromatic carbocycles. The summed E-state index contributed by atoms with van der Waals surface area (Å²) in [6.45, 7) is 0. The molecule has 0 radical (unpaired) electrons. The SMILES string of the molecule is [2H]C1=CC=CON1. The Kier molecular flexibility index (Phi) is 0.572. The molecule has 0 aromatic rings. The van der Waals surface area contributed by atoms with E-state index in [0.717, 1.165) is 0 Å². The molecule has 1 N–H and O–H groups in total. The lowest BCUT2D eigenvalue weighted by atomic mass is 10.6.